The fourth-order valence-corrected chi connectivity index (χ4v) is 3.78. The highest BCUT2D eigenvalue weighted by Crippen LogP contribution is 2.40. The molecule has 3 atom stereocenters. The van der Waals surface area contributed by atoms with E-state index in [9.17, 15) is 23.5 Å². The van der Waals surface area contributed by atoms with E-state index in [1.54, 1.807) is 0 Å². The Morgan fingerprint density at radius 2 is 1.91 bits per heavy atom. The molecule has 1 heterocycles. The van der Waals surface area contributed by atoms with E-state index in [4.69, 9.17) is 0 Å². The third-order valence-corrected chi connectivity index (χ3v) is 4.79. The number of likely N-dealkylation sites (tertiary alicyclic amines) is 1. The highest BCUT2D eigenvalue weighted by atomic mass is 19.2. The Morgan fingerprint density at radius 1 is 1.18 bits per heavy atom. The van der Waals surface area contributed by atoms with E-state index in [0.29, 0.717) is 6.42 Å². The maximum atomic E-state index is 13.9. The lowest BCUT2D eigenvalue weighted by molar-refractivity contribution is -0.141. The minimum absolute atomic E-state index is 0.135. The Kier molecular flexibility index (Phi) is 3.85. The van der Waals surface area contributed by atoms with E-state index in [2.05, 4.69) is 0 Å². The van der Waals surface area contributed by atoms with Crippen LogP contribution >= 0.6 is 0 Å². The van der Waals surface area contributed by atoms with Crippen LogP contribution in [0.4, 0.5) is 8.78 Å². The number of halogens is 2. The summed E-state index contributed by atoms with van der Waals surface area (Å²) in [5.41, 5.74) is -0.391. The third-order valence-electron chi connectivity index (χ3n) is 4.79. The number of amides is 1. The van der Waals surface area contributed by atoms with E-state index < -0.39 is 35.1 Å². The van der Waals surface area contributed by atoms with Crippen molar-refractivity contribution in [3.8, 4) is 0 Å². The lowest BCUT2D eigenvalue weighted by atomic mass is 9.84. The molecule has 1 aliphatic heterocycles. The highest BCUT2D eigenvalue weighted by Gasteiger charge is 2.48. The van der Waals surface area contributed by atoms with Crippen molar-refractivity contribution < 1.29 is 23.5 Å². The minimum atomic E-state index is -1.21. The lowest BCUT2D eigenvalue weighted by Gasteiger charge is -2.33. The van der Waals surface area contributed by atoms with Crippen LogP contribution in [0, 0.1) is 17.6 Å². The predicted octanol–water partition coefficient (Wildman–Crippen LogP) is 2.82. The number of benzene rings is 1. The molecule has 0 aromatic heterocycles. The van der Waals surface area contributed by atoms with Gasteiger partial charge in [0.25, 0.3) is 5.91 Å². The molecule has 4 nitrogen and oxygen atoms in total. The van der Waals surface area contributed by atoms with Crippen LogP contribution in [0.5, 0.6) is 0 Å². The number of carboxylic acids is 1. The molecule has 2 fully saturated rings. The van der Waals surface area contributed by atoms with Crippen molar-refractivity contribution in [2.24, 2.45) is 5.92 Å². The number of carbonyl (C=O) groups excluding carboxylic acids is 1. The first-order valence-electron chi connectivity index (χ1n) is 7.50. The topological polar surface area (TPSA) is 57.6 Å². The van der Waals surface area contributed by atoms with Gasteiger partial charge >= 0.3 is 5.97 Å². The number of hydrogen-bond acceptors (Lipinski definition) is 2. The summed E-state index contributed by atoms with van der Waals surface area (Å²) in [7, 11) is 0. The number of carbonyl (C=O) groups is 2. The quantitative estimate of drug-likeness (QED) is 0.914. The van der Waals surface area contributed by atoms with Gasteiger partial charge in [-0.15, -0.1) is 0 Å². The second-order valence-electron chi connectivity index (χ2n) is 6.02. The van der Waals surface area contributed by atoms with Crippen LogP contribution < -0.4 is 0 Å². The maximum absolute atomic E-state index is 13.9. The van der Waals surface area contributed by atoms with Crippen molar-refractivity contribution in [2.45, 2.75) is 44.2 Å². The summed E-state index contributed by atoms with van der Waals surface area (Å²) in [6.45, 7) is 0. The summed E-state index contributed by atoms with van der Waals surface area (Å²) < 4.78 is 27.2. The Balaban J connectivity index is 1.97. The molecule has 3 rings (SSSR count). The molecule has 118 valence electrons. The monoisotopic (exact) mass is 309 g/mol. The largest absolute Gasteiger partial charge is 0.480 e. The summed E-state index contributed by atoms with van der Waals surface area (Å²) >= 11 is 0. The fraction of sp³-hybridized carbons (Fsp3) is 0.500. The summed E-state index contributed by atoms with van der Waals surface area (Å²) in [5, 5.41) is 9.39. The van der Waals surface area contributed by atoms with Gasteiger partial charge in [0.1, 0.15) is 6.04 Å². The molecule has 3 unspecified atom stereocenters. The maximum Gasteiger partial charge on any atom is 0.326 e. The fourth-order valence-electron chi connectivity index (χ4n) is 3.78. The van der Waals surface area contributed by atoms with Gasteiger partial charge in [0.15, 0.2) is 11.6 Å². The first-order valence-corrected chi connectivity index (χ1v) is 7.50. The molecule has 6 heteroatoms. The summed E-state index contributed by atoms with van der Waals surface area (Å²) in [4.78, 5) is 25.4. The normalized spacial score (nSPS) is 27.5. The van der Waals surface area contributed by atoms with Crippen LogP contribution in [0.1, 0.15) is 42.5 Å². The van der Waals surface area contributed by atoms with Gasteiger partial charge in [0, 0.05) is 6.04 Å². The van der Waals surface area contributed by atoms with Gasteiger partial charge in [0.05, 0.1) is 5.56 Å². The average molecular weight is 309 g/mol. The predicted molar refractivity (Wildman–Crippen MR) is 74.3 cm³/mol. The summed E-state index contributed by atoms with van der Waals surface area (Å²) in [6.07, 6.45) is 3.93. The molecule has 1 aliphatic carbocycles. The van der Waals surface area contributed by atoms with Gasteiger partial charge in [-0.3, -0.25) is 4.79 Å². The van der Waals surface area contributed by atoms with Gasteiger partial charge in [-0.2, -0.15) is 0 Å². The van der Waals surface area contributed by atoms with Gasteiger partial charge in [-0.05, 0) is 37.3 Å². The van der Waals surface area contributed by atoms with Crippen LogP contribution in [-0.2, 0) is 4.79 Å². The van der Waals surface area contributed by atoms with Crippen LogP contribution in [0.3, 0.4) is 0 Å². The number of nitrogens with zero attached hydrogens (tertiary/aromatic N) is 1. The van der Waals surface area contributed by atoms with Crippen LogP contribution in [0.2, 0.25) is 0 Å². The number of aliphatic carboxylic acids is 1. The van der Waals surface area contributed by atoms with Crippen molar-refractivity contribution in [3.05, 3.63) is 35.4 Å². The number of fused-ring (bicyclic) bond motifs is 1. The Bertz CT molecular complexity index is 619. The molecule has 1 saturated heterocycles. The van der Waals surface area contributed by atoms with E-state index in [1.165, 1.54) is 17.0 Å². The molecule has 0 radical (unpaired) electrons. The molecule has 1 amide bonds. The zero-order valence-corrected chi connectivity index (χ0v) is 12.0. The van der Waals surface area contributed by atoms with Gasteiger partial charge in [0.2, 0.25) is 0 Å². The molecule has 1 aromatic rings. The molecule has 2 aliphatic rings. The van der Waals surface area contributed by atoms with Crippen LogP contribution in [-0.4, -0.2) is 34.0 Å². The van der Waals surface area contributed by atoms with Crippen LogP contribution in [0.15, 0.2) is 18.2 Å². The number of hydrogen-bond donors (Lipinski definition) is 1. The molecule has 1 saturated carbocycles. The average Bonchev–Trinajstić information content (AvgIpc) is 2.89. The molecular weight excluding hydrogens is 292 g/mol. The third kappa shape index (κ3) is 2.36. The zero-order chi connectivity index (χ0) is 15.9. The van der Waals surface area contributed by atoms with Crippen LogP contribution in [0.25, 0.3) is 0 Å². The van der Waals surface area contributed by atoms with E-state index in [1.807, 2.05) is 0 Å². The van der Waals surface area contributed by atoms with E-state index >= 15 is 0 Å². The summed E-state index contributed by atoms with van der Waals surface area (Å²) in [6, 6.07) is 2.26. The second kappa shape index (κ2) is 5.66. The van der Waals surface area contributed by atoms with E-state index in [-0.39, 0.29) is 12.0 Å². The first kappa shape index (κ1) is 14.9. The van der Waals surface area contributed by atoms with Gasteiger partial charge < -0.3 is 10.0 Å². The molecule has 0 bridgehead atoms. The van der Waals surface area contributed by atoms with Crippen molar-refractivity contribution in [2.75, 3.05) is 0 Å². The minimum Gasteiger partial charge on any atom is -0.480 e. The molecule has 0 spiro atoms. The van der Waals surface area contributed by atoms with Crippen molar-refractivity contribution in [3.63, 3.8) is 0 Å². The Morgan fingerprint density at radius 3 is 2.64 bits per heavy atom. The summed E-state index contributed by atoms with van der Waals surface area (Å²) in [5.74, 6) is -3.98. The molecule has 22 heavy (non-hydrogen) atoms. The molecule has 1 N–H and O–H groups in total. The van der Waals surface area contributed by atoms with E-state index in [0.717, 1.165) is 31.7 Å². The molecule has 1 aromatic carbocycles. The van der Waals surface area contributed by atoms with Crippen molar-refractivity contribution in [1.29, 1.82) is 0 Å². The molecular formula is C16H17F2NO3. The Hall–Kier alpha value is -1.98. The Labute approximate surface area is 126 Å². The lowest BCUT2D eigenvalue weighted by Crippen LogP contribution is -2.46. The SMILES string of the molecule is O=C(O)C1CC2CCCCC2N1C(=O)c1cccc(F)c1F. The first-order chi connectivity index (χ1) is 10.5. The zero-order valence-electron chi connectivity index (χ0n) is 12.0. The van der Waals surface area contributed by atoms with Crippen molar-refractivity contribution in [1.82, 2.24) is 4.90 Å². The van der Waals surface area contributed by atoms with Gasteiger partial charge in [-0.25, -0.2) is 13.6 Å². The highest BCUT2D eigenvalue weighted by molar-refractivity contribution is 5.97. The number of rotatable bonds is 2. The number of carboxylic acid groups (broad SMARTS) is 1. The second-order valence-corrected chi connectivity index (χ2v) is 6.02. The standard InChI is InChI=1S/C16H17F2NO3/c17-11-6-3-5-10(14(11)18)15(20)19-12-7-2-1-4-9(12)8-13(19)16(21)22/h3,5-6,9,12-13H,1-2,4,7-8H2,(H,21,22). The van der Waals surface area contributed by atoms with Gasteiger partial charge in [-0.1, -0.05) is 18.9 Å². The van der Waals surface area contributed by atoms with Crippen molar-refractivity contribution >= 4 is 11.9 Å². The smallest absolute Gasteiger partial charge is 0.326 e.